The van der Waals surface area contributed by atoms with Crippen molar-refractivity contribution in [1.82, 2.24) is 10.3 Å². The average Bonchev–Trinajstić information content (AvgIpc) is 2.63. The van der Waals surface area contributed by atoms with Crippen LogP contribution in [0.1, 0.15) is 37.9 Å². The van der Waals surface area contributed by atoms with E-state index in [2.05, 4.69) is 29.5 Å². The Morgan fingerprint density at radius 3 is 2.75 bits per heavy atom. The number of nitrogens with one attached hydrogen (secondary N) is 1. The fourth-order valence-electron chi connectivity index (χ4n) is 1.53. The Labute approximate surface area is 102 Å². The van der Waals surface area contributed by atoms with E-state index in [-0.39, 0.29) is 11.5 Å². The van der Waals surface area contributed by atoms with E-state index in [9.17, 15) is 5.11 Å². The first-order chi connectivity index (χ1) is 7.48. The summed E-state index contributed by atoms with van der Waals surface area (Å²) in [6.07, 6.45) is 0.676. The predicted molar refractivity (Wildman–Crippen MR) is 68.6 cm³/mol. The van der Waals surface area contributed by atoms with E-state index in [0.29, 0.717) is 0 Å². The molecule has 0 fully saturated rings. The Hall–Kier alpha value is -0.450. The fraction of sp³-hybridized carbons (Fsp3) is 0.750. The second kappa shape index (κ2) is 5.75. The summed E-state index contributed by atoms with van der Waals surface area (Å²) in [4.78, 5) is 4.39. The van der Waals surface area contributed by atoms with Gasteiger partial charge in [0.05, 0.1) is 16.8 Å². The molecule has 0 aliphatic carbocycles. The maximum absolute atomic E-state index is 9.72. The molecule has 0 amide bonds. The minimum atomic E-state index is -0.290. The van der Waals surface area contributed by atoms with Gasteiger partial charge in [0, 0.05) is 23.9 Å². The van der Waals surface area contributed by atoms with Crippen LogP contribution in [0.5, 0.6) is 0 Å². The first kappa shape index (κ1) is 13.6. The Bertz CT molecular complexity index is 325. The van der Waals surface area contributed by atoms with Gasteiger partial charge in [-0.3, -0.25) is 0 Å². The topological polar surface area (TPSA) is 45.2 Å². The molecular weight excluding hydrogens is 220 g/mol. The summed E-state index contributed by atoms with van der Waals surface area (Å²) >= 11 is 1.67. The van der Waals surface area contributed by atoms with Crippen LogP contribution in [0.15, 0.2) is 5.38 Å². The van der Waals surface area contributed by atoms with E-state index in [1.54, 1.807) is 11.3 Å². The van der Waals surface area contributed by atoms with Crippen molar-refractivity contribution >= 4 is 11.3 Å². The van der Waals surface area contributed by atoms with Crippen molar-refractivity contribution in [1.29, 1.82) is 0 Å². The highest BCUT2D eigenvalue weighted by Crippen LogP contribution is 2.24. The summed E-state index contributed by atoms with van der Waals surface area (Å²) in [6.45, 7) is 9.70. The van der Waals surface area contributed by atoms with Crippen molar-refractivity contribution in [3.8, 4) is 0 Å². The quantitative estimate of drug-likeness (QED) is 0.805. The number of aromatic nitrogens is 1. The minimum Gasteiger partial charge on any atom is -0.393 e. The van der Waals surface area contributed by atoms with Gasteiger partial charge in [-0.2, -0.15) is 0 Å². The van der Waals surface area contributed by atoms with Crippen LogP contribution in [0.4, 0.5) is 0 Å². The first-order valence-electron chi connectivity index (χ1n) is 5.77. The highest BCUT2D eigenvalue weighted by atomic mass is 32.1. The van der Waals surface area contributed by atoms with Gasteiger partial charge in [0.1, 0.15) is 0 Å². The average molecular weight is 242 g/mol. The van der Waals surface area contributed by atoms with E-state index in [0.717, 1.165) is 30.2 Å². The molecule has 16 heavy (non-hydrogen) atoms. The molecule has 2 N–H and O–H groups in total. The van der Waals surface area contributed by atoms with Gasteiger partial charge in [0.15, 0.2) is 0 Å². The van der Waals surface area contributed by atoms with Crippen LogP contribution >= 0.6 is 11.3 Å². The predicted octanol–water partition coefficient (Wildman–Crippen LogP) is 2.34. The van der Waals surface area contributed by atoms with Gasteiger partial charge in [0.25, 0.3) is 0 Å². The van der Waals surface area contributed by atoms with Crippen LogP contribution < -0.4 is 5.32 Å². The number of rotatable bonds is 6. The van der Waals surface area contributed by atoms with Gasteiger partial charge < -0.3 is 10.4 Å². The number of aliphatic hydroxyl groups is 1. The summed E-state index contributed by atoms with van der Waals surface area (Å²) < 4.78 is 0. The zero-order valence-corrected chi connectivity index (χ0v) is 11.4. The van der Waals surface area contributed by atoms with E-state index in [1.807, 2.05) is 13.8 Å². The summed E-state index contributed by atoms with van der Waals surface area (Å²) in [5.41, 5.74) is 1.04. The second-order valence-electron chi connectivity index (χ2n) is 4.64. The molecule has 2 atom stereocenters. The Morgan fingerprint density at radius 1 is 1.62 bits per heavy atom. The van der Waals surface area contributed by atoms with Gasteiger partial charge in [-0.25, -0.2) is 4.98 Å². The monoisotopic (exact) mass is 242 g/mol. The van der Waals surface area contributed by atoms with Crippen molar-refractivity contribution in [2.24, 2.45) is 5.41 Å². The van der Waals surface area contributed by atoms with Crippen LogP contribution in [0.25, 0.3) is 0 Å². The molecule has 1 rings (SSSR count). The lowest BCUT2D eigenvalue weighted by Crippen LogP contribution is -2.39. The van der Waals surface area contributed by atoms with Crippen molar-refractivity contribution in [2.75, 3.05) is 6.54 Å². The molecule has 0 spiro atoms. The van der Waals surface area contributed by atoms with Crippen molar-refractivity contribution in [3.63, 3.8) is 0 Å². The summed E-state index contributed by atoms with van der Waals surface area (Å²) in [5, 5.41) is 16.3. The van der Waals surface area contributed by atoms with E-state index in [1.165, 1.54) is 0 Å². The number of aliphatic hydroxyl groups excluding tert-OH is 1. The first-order valence-corrected chi connectivity index (χ1v) is 6.65. The zero-order chi connectivity index (χ0) is 12.2. The van der Waals surface area contributed by atoms with E-state index < -0.39 is 0 Å². The molecule has 1 aromatic heterocycles. The van der Waals surface area contributed by atoms with Crippen molar-refractivity contribution in [2.45, 2.75) is 46.8 Å². The van der Waals surface area contributed by atoms with Gasteiger partial charge in [-0.05, 0) is 20.3 Å². The van der Waals surface area contributed by atoms with Crippen molar-refractivity contribution in [3.05, 3.63) is 16.1 Å². The van der Waals surface area contributed by atoms with Gasteiger partial charge in [-0.15, -0.1) is 11.3 Å². The number of hydrogen-bond donors (Lipinski definition) is 2. The third-order valence-corrected chi connectivity index (χ3v) is 4.14. The van der Waals surface area contributed by atoms with Crippen LogP contribution in [0.2, 0.25) is 0 Å². The molecule has 0 aliphatic rings. The van der Waals surface area contributed by atoms with Crippen molar-refractivity contribution < 1.29 is 5.11 Å². The zero-order valence-electron chi connectivity index (χ0n) is 10.6. The lowest BCUT2D eigenvalue weighted by molar-refractivity contribution is 0.0488. The Morgan fingerprint density at radius 2 is 2.31 bits per heavy atom. The van der Waals surface area contributed by atoms with Gasteiger partial charge in [0.2, 0.25) is 0 Å². The number of aryl methyl sites for hydroxylation is 1. The third kappa shape index (κ3) is 3.54. The molecule has 92 valence electrons. The SMILES string of the molecule is CCC(C)(CNCc1csc(C)n1)C(C)O. The molecular formula is C12H22N2OS. The number of nitrogens with zero attached hydrogens (tertiary/aromatic N) is 1. The molecule has 0 aliphatic heterocycles. The number of hydrogen-bond acceptors (Lipinski definition) is 4. The fourth-order valence-corrected chi connectivity index (χ4v) is 2.15. The lowest BCUT2D eigenvalue weighted by Gasteiger charge is -2.31. The standard InChI is InChI=1S/C12H22N2OS/c1-5-12(4,9(2)15)8-13-6-11-7-16-10(3)14-11/h7,9,13,15H,5-6,8H2,1-4H3. The van der Waals surface area contributed by atoms with Crippen LogP contribution in [0, 0.1) is 12.3 Å². The largest absolute Gasteiger partial charge is 0.393 e. The molecule has 3 nitrogen and oxygen atoms in total. The molecule has 0 saturated heterocycles. The molecule has 4 heteroatoms. The molecule has 0 aromatic carbocycles. The Balaban J connectivity index is 2.39. The van der Waals surface area contributed by atoms with Gasteiger partial charge >= 0.3 is 0 Å². The van der Waals surface area contributed by atoms with E-state index >= 15 is 0 Å². The minimum absolute atomic E-state index is 0.0505. The molecule has 0 radical (unpaired) electrons. The maximum atomic E-state index is 9.72. The highest BCUT2D eigenvalue weighted by molar-refractivity contribution is 7.09. The van der Waals surface area contributed by atoms with E-state index in [4.69, 9.17) is 0 Å². The smallest absolute Gasteiger partial charge is 0.0897 e. The molecule has 1 aromatic rings. The number of thiazole rings is 1. The molecule has 0 bridgehead atoms. The van der Waals surface area contributed by atoms with Crippen LogP contribution in [-0.4, -0.2) is 22.7 Å². The summed E-state index contributed by atoms with van der Waals surface area (Å²) in [5.74, 6) is 0. The second-order valence-corrected chi connectivity index (χ2v) is 5.71. The highest BCUT2D eigenvalue weighted by Gasteiger charge is 2.27. The lowest BCUT2D eigenvalue weighted by atomic mass is 9.82. The summed E-state index contributed by atoms with van der Waals surface area (Å²) in [6, 6.07) is 0. The maximum Gasteiger partial charge on any atom is 0.0897 e. The third-order valence-electron chi connectivity index (χ3n) is 3.32. The molecule has 2 unspecified atom stereocenters. The van der Waals surface area contributed by atoms with Crippen LogP contribution in [0.3, 0.4) is 0 Å². The normalized spacial score (nSPS) is 17.1. The summed E-state index contributed by atoms with van der Waals surface area (Å²) in [7, 11) is 0. The van der Waals surface area contributed by atoms with Crippen LogP contribution in [-0.2, 0) is 6.54 Å². The Kier molecular flexibility index (Phi) is 4.89. The van der Waals surface area contributed by atoms with Gasteiger partial charge in [-0.1, -0.05) is 13.8 Å². The molecule has 1 heterocycles. The molecule has 0 saturated carbocycles.